The number of para-hydroxylation sites is 1. The summed E-state index contributed by atoms with van der Waals surface area (Å²) in [5, 5.41) is 11.9. The fourth-order valence-corrected chi connectivity index (χ4v) is 1.10. The van der Waals surface area contributed by atoms with Crippen LogP contribution < -0.4 is 5.32 Å². The van der Waals surface area contributed by atoms with Crippen molar-refractivity contribution in [2.45, 2.75) is 12.8 Å². The van der Waals surface area contributed by atoms with Gasteiger partial charge < -0.3 is 10.4 Å². The summed E-state index contributed by atoms with van der Waals surface area (Å²) in [6, 6.07) is 7.05. The van der Waals surface area contributed by atoms with Crippen molar-refractivity contribution in [3.63, 3.8) is 0 Å². The van der Waals surface area contributed by atoms with Crippen LogP contribution in [0.5, 0.6) is 5.75 Å². The van der Waals surface area contributed by atoms with Gasteiger partial charge in [-0.3, -0.25) is 4.79 Å². The molecule has 0 saturated heterocycles. The molecule has 13 heavy (non-hydrogen) atoms. The van der Waals surface area contributed by atoms with E-state index in [0.717, 1.165) is 5.56 Å². The van der Waals surface area contributed by atoms with Gasteiger partial charge in [-0.1, -0.05) is 18.2 Å². The number of carbonyl (C=O) groups is 1. The Bertz CT molecular complexity index is 297. The van der Waals surface area contributed by atoms with Crippen molar-refractivity contribution >= 4 is 5.91 Å². The lowest BCUT2D eigenvalue weighted by atomic mass is 10.1. The first-order chi connectivity index (χ1) is 6.24. The van der Waals surface area contributed by atoms with Gasteiger partial charge in [-0.05, 0) is 18.1 Å². The molecule has 0 atom stereocenters. The summed E-state index contributed by atoms with van der Waals surface area (Å²) in [5.74, 6) is 0.245. The zero-order chi connectivity index (χ0) is 9.68. The maximum Gasteiger partial charge on any atom is 0.220 e. The molecule has 1 rings (SSSR count). The number of benzene rings is 1. The van der Waals surface area contributed by atoms with Crippen molar-refractivity contribution < 1.29 is 9.90 Å². The summed E-state index contributed by atoms with van der Waals surface area (Å²) in [7, 11) is 1.60. The van der Waals surface area contributed by atoms with Crippen LogP contribution in [-0.4, -0.2) is 18.1 Å². The van der Waals surface area contributed by atoms with E-state index in [4.69, 9.17) is 0 Å². The fraction of sp³-hybridized carbons (Fsp3) is 0.300. The van der Waals surface area contributed by atoms with Crippen molar-refractivity contribution in [1.82, 2.24) is 5.32 Å². The summed E-state index contributed by atoms with van der Waals surface area (Å²) in [5.41, 5.74) is 0.811. The zero-order valence-electron chi connectivity index (χ0n) is 7.58. The number of nitrogens with one attached hydrogen (secondary N) is 1. The number of aromatic hydroxyl groups is 1. The zero-order valence-corrected chi connectivity index (χ0v) is 7.58. The molecule has 0 heterocycles. The molecule has 1 aromatic carbocycles. The van der Waals surface area contributed by atoms with Crippen LogP contribution in [0.25, 0.3) is 0 Å². The van der Waals surface area contributed by atoms with E-state index in [2.05, 4.69) is 5.32 Å². The molecule has 1 aromatic rings. The molecule has 3 heteroatoms. The van der Waals surface area contributed by atoms with Crippen LogP contribution in [0.4, 0.5) is 0 Å². The topological polar surface area (TPSA) is 49.3 Å². The highest BCUT2D eigenvalue weighted by Crippen LogP contribution is 2.16. The molecular weight excluding hydrogens is 166 g/mol. The number of phenolic OH excluding ortho intramolecular Hbond substituents is 1. The minimum Gasteiger partial charge on any atom is -0.508 e. The molecule has 3 nitrogen and oxygen atoms in total. The number of aryl methyl sites for hydroxylation is 1. The Labute approximate surface area is 77.4 Å². The Morgan fingerprint density at radius 1 is 1.46 bits per heavy atom. The highest BCUT2D eigenvalue weighted by Gasteiger charge is 2.02. The molecule has 1 amide bonds. The Kier molecular flexibility index (Phi) is 3.31. The third-order valence-corrected chi connectivity index (χ3v) is 1.89. The van der Waals surface area contributed by atoms with Crippen LogP contribution in [0.15, 0.2) is 24.3 Å². The van der Waals surface area contributed by atoms with Gasteiger partial charge in [-0.25, -0.2) is 0 Å². The summed E-state index contributed by atoms with van der Waals surface area (Å²) < 4.78 is 0. The van der Waals surface area contributed by atoms with E-state index < -0.39 is 0 Å². The average molecular weight is 179 g/mol. The molecule has 0 spiro atoms. The van der Waals surface area contributed by atoms with Crippen LogP contribution in [0.2, 0.25) is 0 Å². The third kappa shape index (κ3) is 2.78. The summed E-state index contributed by atoms with van der Waals surface area (Å²) in [4.78, 5) is 10.9. The number of amides is 1. The molecular formula is C10H13NO2. The smallest absolute Gasteiger partial charge is 0.220 e. The normalized spacial score (nSPS) is 9.62. The van der Waals surface area contributed by atoms with Crippen LogP contribution in [0, 0.1) is 0 Å². The molecule has 0 fully saturated rings. The van der Waals surface area contributed by atoms with Gasteiger partial charge >= 0.3 is 0 Å². The van der Waals surface area contributed by atoms with E-state index in [-0.39, 0.29) is 11.7 Å². The molecule has 0 aliphatic rings. The van der Waals surface area contributed by atoms with E-state index in [1.54, 1.807) is 19.2 Å². The molecule has 0 aliphatic heterocycles. The average Bonchev–Trinajstić information content (AvgIpc) is 2.16. The summed E-state index contributed by atoms with van der Waals surface area (Å²) in [6.45, 7) is 0. The summed E-state index contributed by atoms with van der Waals surface area (Å²) in [6.07, 6.45) is 0.987. The van der Waals surface area contributed by atoms with Crippen LogP contribution in [-0.2, 0) is 11.2 Å². The Morgan fingerprint density at radius 3 is 2.77 bits per heavy atom. The van der Waals surface area contributed by atoms with E-state index in [9.17, 15) is 9.90 Å². The largest absolute Gasteiger partial charge is 0.508 e. The van der Waals surface area contributed by atoms with Gasteiger partial charge in [0.05, 0.1) is 0 Å². The van der Waals surface area contributed by atoms with E-state index in [0.29, 0.717) is 12.8 Å². The number of carbonyl (C=O) groups excluding carboxylic acids is 1. The van der Waals surface area contributed by atoms with E-state index >= 15 is 0 Å². The monoisotopic (exact) mass is 179 g/mol. The Balaban J connectivity index is 2.54. The van der Waals surface area contributed by atoms with Gasteiger partial charge in [-0.15, -0.1) is 0 Å². The summed E-state index contributed by atoms with van der Waals surface area (Å²) >= 11 is 0. The predicted octanol–water partition coefficient (Wildman–Crippen LogP) is 1.07. The lowest BCUT2D eigenvalue weighted by Crippen LogP contribution is -2.17. The van der Waals surface area contributed by atoms with Crippen molar-refractivity contribution in [2.24, 2.45) is 0 Å². The van der Waals surface area contributed by atoms with Crippen LogP contribution >= 0.6 is 0 Å². The second-order valence-corrected chi connectivity index (χ2v) is 2.80. The number of rotatable bonds is 3. The van der Waals surface area contributed by atoms with Gasteiger partial charge in [0.25, 0.3) is 0 Å². The first-order valence-electron chi connectivity index (χ1n) is 4.21. The molecule has 2 N–H and O–H groups in total. The molecule has 70 valence electrons. The van der Waals surface area contributed by atoms with Crippen molar-refractivity contribution in [2.75, 3.05) is 7.05 Å². The quantitative estimate of drug-likeness (QED) is 0.729. The van der Waals surface area contributed by atoms with Gasteiger partial charge in [0.2, 0.25) is 5.91 Å². The molecule has 0 unspecified atom stereocenters. The van der Waals surface area contributed by atoms with Gasteiger partial charge in [0, 0.05) is 13.5 Å². The lowest BCUT2D eigenvalue weighted by molar-refractivity contribution is -0.120. The molecule has 0 aromatic heterocycles. The molecule has 0 radical (unpaired) electrons. The van der Waals surface area contributed by atoms with Crippen LogP contribution in [0.3, 0.4) is 0 Å². The highest BCUT2D eigenvalue weighted by atomic mass is 16.3. The van der Waals surface area contributed by atoms with Crippen LogP contribution in [0.1, 0.15) is 12.0 Å². The number of hydrogen-bond acceptors (Lipinski definition) is 2. The molecule has 0 bridgehead atoms. The second kappa shape index (κ2) is 4.50. The molecule has 0 aliphatic carbocycles. The second-order valence-electron chi connectivity index (χ2n) is 2.80. The lowest BCUT2D eigenvalue weighted by Gasteiger charge is -2.02. The Morgan fingerprint density at radius 2 is 2.15 bits per heavy atom. The van der Waals surface area contributed by atoms with E-state index in [1.165, 1.54) is 0 Å². The Hall–Kier alpha value is -1.51. The first kappa shape index (κ1) is 9.58. The minimum atomic E-state index is -0.0109. The van der Waals surface area contributed by atoms with Gasteiger partial charge in [0.15, 0.2) is 0 Å². The highest BCUT2D eigenvalue weighted by molar-refractivity contribution is 5.75. The molecule has 0 saturated carbocycles. The number of hydrogen-bond donors (Lipinski definition) is 2. The van der Waals surface area contributed by atoms with Gasteiger partial charge in [-0.2, -0.15) is 0 Å². The SMILES string of the molecule is CNC(=O)CCc1ccccc1O. The number of phenols is 1. The van der Waals surface area contributed by atoms with Crippen molar-refractivity contribution in [1.29, 1.82) is 0 Å². The minimum absolute atomic E-state index is 0.0109. The maximum absolute atomic E-state index is 10.9. The predicted molar refractivity (Wildman–Crippen MR) is 50.5 cm³/mol. The first-order valence-corrected chi connectivity index (χ1v) is 4.21. The maximum atomic E-state index is 10.9. The standard InChI is InChI=1S/C10H13NO2/c1-11-10(13)7-6-8-4-2-3-5-9(8)12/h2-5,12H,6-7H2,1H3,(H,11,13). The fourth-order valence-electron chi connectivity index (χ4n) is 1.10. The van der Waals surface area contributed by atoms with Crippen molar-refractivity contribution in [3.8, 4) is 5.75 Å². The van der Waals surface area contributed by atoms with Crippen molar-refractivity contribution in [3.05, 3.63) is 29.8 Å². The van der Waals surface area contributed by atoms with Gasteiger partial charge in [0.1, 0.15) is 5.75 Å². The third-order valence-electron chi connectivity index (χ3n) is 1.89. The van der Waals surface area contributed by atoms with E-state index in [1.807, 2.05) is 12.1 Å².